The van der Waals surface area contributed by atoms with Crippen molar-refractivity contribution in [2.45, 2.75) is 52.2 Å². The maximum Gasteiger partial charge on any atom is 0.226 e. The van der Waals surface area contributed by atoms with Gasteiger partial charge in [0.15, 0.2) is 0 Å². The molecule has 2 atom stereocenters. The Balaban J connectivity index is 1.62. The third-order valence-electron chi connectivity index (χ3n) is 5.94. The van der Waals surface area contributed by atoms with Gasteiger partial charge in [-0.2, -0.15) is 0 Å². The zero-order chi connectivity index (χ0) is 17.6. The van der Waals surface area contributed by atoms with Gasteiger partial charge in [0.05, 0.1) is 12.8 Å². The van der Waals surface area contributed by atoms with E-state index in [1.165, 1.54) is 12.8 Å². The van der Waals surface area contributed by atoms with Crippen LogP contribution in [0, 0.1) is 20.8 Å². The number of aryl methyl sites for hydroxylation is 1. The maximum absolute atomic E-state index is 6.05. The molecule has 5 nitrogen and oxygen atoms in total. The highest BCUT2D eigenvalue weighted by atomic mass is 16.5. The topological polar surface area (TPSA) is 50.5 Å². The van der Waals surface area contributed by atoms with Crippen molar-refractivity contribution in [3.05, 3.63) is 34.7 Å². The number of rotatable bonds is 4. The summed E-state index contributed by atoms with van der Waals surface area (Å²) in [7, 11) is 1.70. The molecule has 0 amide bonds. The largest absolute Gasteiger partial charge is 0.496 e. The zero-order valence-electron chi connectivity index (χ0n) is 15.6. The quantitative estimate of drug-likeness (QED) is 0.925. The van der Waals surface area contributed by atoms with Gasteiger partial charge in [-0.25, -0.2) is 4.98 Å². The van der Waals surface area contributed by atoms with Crippen LogP contribution >= 0.6 is 0 Å². The van der Waals surface area contributed by atoms with Gasteiger partial charge < -0.3 is 14.5 Å². The summed E-state index contributed by atoms with van der Waals surface area (Å²) in [5, 5.41) is 3.54. The number of methoxy groups -OCH3 is 1. The molecule has 25 heavy (non-hydrogen) atoms. The Morgan fingerprint density at radius 2 is 1.88 bits per heavy atom. The van der Waals surface area contributed by atoms with Crippen molar-refractivity contribution in [3.63, 3.8) is 0 Å². The van der Waals surface area contributed by atoms with E-state index in [-0.39, 0.29) is 0 Å². The van der Waals surface area contributed by atoms with E-state index >= 15 is 0 Å². The first-order chi connectivity index (χ1) is 12.1. The van der Waals surface area contributed by atoms with Crippen molar-refractivity contribution in [1.29, 1.82) is 0 Å². The summed E-state index contributed by atoms with van der Waals surface area (Å²) in [6.07, 6.45) is 2.58. The van der Waals surface area contributed by atoms with E-state index in [0.29, 0.717) is 12.1 Å². The van der Waals surface area contributed by atoms with Gasteiger partial charge in [0.1, 0.15) is 11.5 Å². The number of nitrogens with zero attached hydrogens (tertiary/aromatic N) is 2. The summed E-state index contributed by atoms with van der Waals surface area (Å²) < 4.78 is 11.5. The fourth-order valence-corrected chi connectivity index (χ4v) is 4.24. The molecule has 5 heteroatoms. The molecular weight excluding hydrogens is 314 g/mol. The molecule has 1 aromatic heterocycles. The molecule has 2 aromatic rings. The molecule has 1 N–H and O–H groups in total. The third kappa shape index (κ3) is 2.85. The summed E-state index contributed by atoms with van der Waals surface area (Å²) in [5.74, 6) is 2.56. The van der Waals surface area contributed by atoms with Crippen molar-refractivity contribution in [1.82, 2.24) is 15.2 Å². The van der Waals surface area contributed by atoms with Gasteiger partial charge in [-0.05, 0) is 56.9 Å². The maximum atomic E-state index is 6.05. The van der Waals surface area contributed by atoms with Crippen molar-refractivity contribution in [2.75, 3.05) is 20.2 Å². The lowest BCUT2D eigenvalue weighted by Crippen LogP contribution is -2.51. The second-order valence-electron chi connectivity index (χ2n) is 7.30. The second kappa shape index (κ2) is 6.46. The number of aromatic nitrogens is 1. The van der Waals surface area contributed by atoms with Gasteiger partial charge in [-0.3, -0.25) is 4.90 Å². The van der Waals surface area contributed by atoms with Crippen molar-refractivity contribution in [2.24, 2.45) is 0 Å². The van der Waals surface area contributed by atoms with Crippen LogP contribution in [0.3, 0.4) is 0 Å². The van der Waals surface area contributed by atoms with E-state index in [1.807, 2.05) is 19.1 Å². The first-order valence-electron chi connectivity index (χ1n) is 9.15. The molecule has 2 saturated heterocycles. The number of oxazole rings is 1. The SMILES string of the molecule is COc1ccc(-c2nc(CN3C4CCC3CNC4)c(C)o2)c(C)c1C. The minimum absolute atomic E-state index is 0.642. The monoisotopic (exact) mass is 341 g/mol. The summed E-state index contributed by atoms with van der Waals surface area (Å²) in [6, 6.07) is 5.32. The molecule has 3 heterocycles. The van der Waals surface area contributed by atoms with E-state index in [4.69, 9.17) is 14.1 Å². The summed E-state index contributed by atoms with van der Waals surface area (Å²) >= 11 is 0. The third-order valence-corrected chi connectivity index (χ3v) is 5.94. The summed E-state index contributed by atoms with van der Waals surface area (Å²) in [5.41, 5.74) is 4.42. The van der Waals surface area contributed by atoms with Crippen LogP contribution in [0.2, 0.25) is 0 Å². The van der Waals surface area contributed by atoms with Crippen molar-refractivity contribution in [3.8, 4) is 17.2 Å². The van der Waals surface area contributed by atoms with E-state index in [1.54, 1.807) is 7.11 Å². The van der Waals surface area contributed by atoms with Gasteiger partial charge >= 0.3 is 0 Å². The van der Waals surface area contributed by atoms with Crippen LogP contribution in [-0.2, 0) is 6.54 Å². The van der Waals surface area contributed by atoms with Gasteiger partial charge in [0.25, 0.3) is 0 Å². The number of piperazine rings is 1. The minimum Gasteiger partial charge on any atom is -0.496 e. The highest BCUT2D eigenvalue weighted by Gasteiger charge is 2.37. The zero-order valence-corrected chi connectivity index (χ0v) is 15.6. The summed E-state index contributed by atoms with van der Waals surface area (Å²) in [4.78, 5) is 7.47. The Kier molecular flexibility index (Phi) is 4.29. The molecular formula is C20H27N3O2. The average Bonchev–Trinajstić information content (AvgIpc) is 3.05. The molecule has 2 aliphatic rings. The highest BCUT2D eigenvalue weighted by Crippen LogP contribution is 2.33. The average molecular weight is 341 g/mol. The molecule has 4 rings (SSSR count). The van der Waals surface area contributed by atoms with Crippen LogP contribution in [-0.4, -0.2) is 42.2 Å². The molecule has 1 aromatic carbocycles. The Morgan fingerprint density at radius 1 is 1.16 bits per heavy atom. The predicted molar refractivity (Wildman–Crippen MR) is 97.9 cm³/mol. The lowest BCUT2D eigenvalue weighted by molar-refractivity contribution is 0.143. The lowest BCUT2D eigenvalue weighted by Gasteiger charge is -2.34. The van der Waals surface area contributed by atoms with E-state index in [2.05, 4.69) is 24.1 Å². The smallest absolute Gasteiger partial charge is 0.226 e. The molecule has 2 bridgehead atoms. The number of benzene rings is 1. The molecule has 0 spiro atoms. The lowest BCUT2D eigenvalue weighted by atomic mass is 10.0. The summed E-state index contributed by atoms with van der Waals surface area (Å²) in [6.45, 7) is 9.28. The molecule has 2 aliphatic heterocycles. The Bertz CT molecular complexity index is 767. The van der Waals surface area contributed by atoms with Crippen LogP contribution in [0.5, 0.6) is 5.75 Å². The van der Waals surface area contributed by atoms with E-state index in [9.17, 15) is 0 Å². The van der Waals surface area contributed by atoms with E-state index < -0.39 is 0 Å². The first-order valence-corrected chi connectivity index (χ1v) is 9.15. The standard InChI is InChI=1S/C20H27N3O2/c1-12-13(2)19(24-4)8-7-17(12)20-22-18(14(3)25-20)11-23-15-5-6-16(23)10-21-9-15/h7-8,15-16,21H,5-6,9-11H2,1-4H3. The second-order valence-corrected chi connectivity index (χ2v) is 7.30. The number of hydrogen-bond acceptors (Lipinski definition) is 5. The number of ether oxygens (including phenoxy) is 1. The van der Waals surface area contributed by atoms with Gasteiger partial charge in [-0.1, -0.05) is 0 Å². The highest BCUT2D eigenvalue weighted by molar-refractivity contribution is 5.63. The molecule has 2 unspecified atom stereocenters. The number of fused-ring (bicyclic) bond motifs is 2. The molecule has 0 aliphatic carbocycles. The van der Waals surface area contributed by atoms with Crippen molar-refractivity contribution >= 4 is 0 Å². The van der Waals surface area contributed by atoms with Gasteiger partial charge in [-0.15, -0.1) is 0 Å². The molecule has 0 saturated carbocycles. The molecule has 134 valence electrons. The predicted octanol–water partition coefficient (Wildman–Crippen LogP) is 3.21. The minimum atomic E-state index is 0.642. The molecule has 0 radical (unpaired) electrons. The Labute approximate surface area is 149 Å². The van der Waals surface area contributed by atoms with Crippen LogP contribution in [0.4, 0.5) is 0 Å². The molecule has 2 fully saturated rings. The normalized spacial score (nSPS) is 23.2. The van der Waals surface area contributed by atoms with E-state index in [0.717, 1.165) is 59.4 Å². The number of nitrogens with one attached hydrogen (secondary N) is 1. The fourth-order valence-electron chi connectivity index (χ4n) is 4.24. The van der Waals surface area contributed by atoms with Crippen molar-refractivity contribution < 1.29 is 9.15 Å². The van der Waals surface area contributed by atoms with Crippen LogP contribution in [0.1, 0.15) is 35.4 Å². The van der Waals surface area contributed by atoms with Gasteiger partial charge in [0, 0.05) is 37.3 Å². The number of hydrogen-bond donors (Lipinski definition) is 1. The Hall–Kier alpha value is -1.85. The van der Waals surface area contributed by atoms with Crippen LogP contribution in [0.15, 0.2) is 16.5 Å². The van der Waals surface area contributed by atoms with Crippen LogP contribution in [0.25, 0.3) is 11.5 Å². The fraction of sp³-hybridized carbons (Fsp3) is 0.550. The van der Waals surface area contributed by atoms with Crippen LogP contribution < -0.4 is 10.1 Å². The first kappa shape index (κ1) is 16.6. The van der Waals surface area contributed by atoms with Gasteiger partial charge in [0.2, 0.25) is 5.89 Å². The Morgan fingerprint density at radius 3 is 2.56 bits per heavy atom.